The molecule has 1 aliphatic rings. The first-order chi connectivity index (χ1) is 8.36. The van der Waals surface area contributed by atoms with Gasteiger partial charge in [0.25, 0.3) is 0 Å². The van der Waals surface area contributed by atoms with Gasteiger partial charge in [-0.25, -0.2) is 4.21 Å². The first kappa shape index (κ1) is 13.9. The minimum absolute atomic E-state index is 0.254. The van der Waals surface area contributed by atoms with Crippen molar-refractivity contribution in [1.82, 2.24) is 0 Å². The zero-order valence-electron chi connectivity index (χ0n) is 10.9. The summed E-state index contributed by atoms with van der Waals surface area (Å²) in [4.78, 5) is 0. The molecule has 0 radical (unpaired) electrons. The normalized spacial score (nSPS) is 21.3. The minimum atomic E-state index is -1.11. The van der Waals surface area contributed by atoms with Gasteiger partial charge >= 0.3 is 0 Å². The fourth-order valence-electron chi connectivity index (χ4n) is 1.81. The van der Waals surface area contributed by atoms with Gasteiger partial charge in [0.2, 0.25) is 0 Å². The van der Waals surface area contributed by atoms with Gasteiger partial charge in [-0.3, -0.25) is 0 Å². The summed E-state index contributed by atoms with van der Waals surface area (Å²) in [5.41, 5.74) is 2.44. The highest BCUT2D eigenvalue weighted by Crippen LogP contribution is 2.35. The molecule has 1 aromatic rings. The van der Waals surface area contributed by atoms with Crippen molar-refractivity contribution < 1.29 is 4.21 Å². The number of hydrogen-bond donors (Lipinski definition) is 0. The molecule has 1 aliphatic carbocycles. The molecule has 1 fully saturated rings. The molecule has 0 N–H and O–H groups in total. The van der Waals surface area contributed by atoms with Crippen LogP contribution >= 0.6 is 15.9 Å². The maximum atomic E-state index is 11.9. The lowest BCUT2D eigenvalue weighted by Gasteiger charge is -2.29. The van der Waals surface area contributed by atoms with E-state index < -0.39 is 11.0 Å². The maximum absolute atomic E-state index is 11.9. The molecule has 0 aliphatic heterocycles. The van der Waals surface area contributed by atoms with Gasteiger partial charge in [0.05, 0.1) is 4.75 Å². The van der Waals surface area contributed by atoms with E-state index in [1.165, 1.54) is 5.56 Å². The molecule has 1 aromatic carbocycles. The molecule has 0 amide bonds. The molecule has 98 valence electrons. The zero-order valence-corrected chi connectivity index (χ0v) is 13.3. The smallest absolute Gasteiger partial charge is 0.144 e. The number of halogens is 1. The Morgan fingerprint density at radius 1 is 1.22 bits per heavy atom. The summed E-state index contributed by atoms with van der Waals surface area (Å²) in [6, 6.07) is 8.42. The van der Waals surface area contributed by atoms with Crippen molar-refractivity contribution in [3.05, 3.63) is 34.3 Å². The second-order valence-corrected chi connectivity index (χ2v) is 8.50. The number of benzene rings is 1. The summed E-state index contributed by atoms with van der Waals surface area (Å²) in [6.07, 6.45) is 1.90. The van der Waals surface area contributed by atoms with Crippen LogP contribution in [0.4, 0.5) is 0 Å². The first-order valence-electron chi connectivity index (χ1n) is 6.10. The molecule has 18 heavy (non-hydrogen) atoms. The highest BCUT2D eigenvalue weighted by atomic mass is 79.9. The van der Waals surface area contributed by atoms with E-state index in [-0.39, 0.29) is 4.75 Å². The molecule has 0 spiro atoms. The number of nitrogens with zero attached hydrogens (tertiary/aromatic N) is 1. The summed E-state index contributed by atoms with van der Waals surface area (Å²) < 4.78 is 17.1. The third kappa shape index (κ3) is 3.29. The maximum Gasteiger partial charge on any atom is 0.144 e. The molecule has 4 heteroatoms. The van der Waals surface area contributed by atoms with Crippen molar-refractivity contribution in [1.29, 1.82) is 0 Å². The summed E-state index contributed by atoms with van der Waals surface area (Å²) in [5, 5.41) is 0. The van der Waals surface area contributed by atoms with Crippen molar-refractivity contribution in [2.75, 3.05) is 0 Å². The fourth-order valence-corrected chi connectivity index (χ4v) is 2.73. The quantitative estimate of drug-likeness (QED) is 0.799. The topological polar surface area (TPSA) is 29.4 Å². The number of hydrogen-bond acceptors (Lipinski definition) is 1. The van der Waals surface area contributed by atoms with E-state index in [2.05, 4.69) is 44.6 Å². The molecule has 0 heterocycles. The van der Waals surface area contributed by atoms with Crippen LogP contribution in [-0.4, -0.2) is 14.7 Å². The molecule has 0 bridgehead atoms. The van der Waals surface area contributed by atoms with Crippen LogP contribution in [0.2, 0.25) is 0 Å². The first-order valence-corrected chi connectivity index (χ1v) is 8.00. The standard InChI is InChI=1S/C14H18BrNOS/c1-14(2,3)18(17)16-13-8-11(9-13)10-4-6-12(15)7-5-10/h4-7,11H,8-9H2,1-3H3. The molecular weight excluding hydrogens is 310 g/mol. The van der Waals surface area contributed by atoms with E-state index in [9.17, 15) is 4.21 Å². The lowest BCUT2D eigenvalue weighted by Crippen LogP contribution is -2.26. The van der Waals surface area contributed by atoms with Crippen LogP contribution in [0.3, 0.4) is 0 Å². The Hall–Kier alpha value is -0.480. The summed E-state index contributed by atoms with van der Waals surface area (Å²) in [7, 11) is -1.11. The minimum Gasteiger partial charge on any atom is -0.234 e. The molecule has 0 saturated heterocycles. The predicted molar refractivity (Wildman–Crippen MR) is 81.4 cm³/mol. The van der Waals surface area contributed by atoms with Crippen LogP contribution in [0.15, 0.2) is 33.1 Å². The molecule has 2 rings (SSSR count). The summed E-state index contributed by atoms with van der Waals surface area (Å²) >= 11 is 3.44. The monoisotopic (exact) mass is 327 g/mol. The van der Waals surface area contributed by atoms with Crippen LogP contribution in [-0.2, 0) is 11.0 Å². The zero-order chi connectivity index (χ0) is 13.3. The Bertz CT molecular complexity index is 480. The van der Waals surface area contributed by atoms with Crippen molar-refractivity contribution in [2.24, 2.45) is 4.40 Å². The van der Waals surface area contributed by atoms with Gasteiger partial charge in [-0.05, 0) is 57.2 Å². The van der Waals surface area contributed by atoms with E-state index in [0.717, 1.165) is 23.0 Å². The van der Waals surface area contributed by atoms with Gasteiger partial charge in [-0.1, -0.05) is 28.1 Å². The summed E-state index contributed by atoms with van der Waals surface area (Å²) in [5.74, 6) is 0.550. The Morgan fingerprint density at radius 3 is 2.28 bits per heavy atom. The number of rotatable bonds is 2. The van der Waals surface area contributed by atoms with Crippen LogP contribution in [0.25, 0.3) is 0 Å². The Morgan fingerprint density at radius 2 is 1.78 bits per heavy atom. The van der Waals surface area contributed by atoms with Gasteiger partial charge in [-0.2, -0.15) is 4.40 Å². The van der Waals surface area contributed by atoms with Crippen molar-refractivity contribution >= 4 is 32.6 Å². The Balaban J connectivity index is 1.97. The van der Waals surface area contributed by atoms with Crippen molar-refractivity contribution in [3.63, 3.8) is 0 Å². The van der Waals surface area contributed by atoms with Gasteiger partial charge in [0.15, 0.2) is 0 Å². The predicted octanol–water partition coefficient (Wildman–Crippen LogP) is 4.23. The Labute approximate surface area is 120 Å². The summed E-state index contributed by atoms with van der Waals surface area (Å²) in [6.45, 7) is 5.87. The van der Waals surface area contributed by atoms with Gasteiger partial charge in [-0.15, -0.1) is 0 Å². The highest BCUT2D eigenvalue weighted by molar-refractivity contribution is 9.10. The van der Waals surface area contributed by atoms with Crippen LogP contribution in [0.5, 0.6) is 0 Å². The largest absolute Gasteiger partial charge is 0.234 e. The molecule has 1 unspecified atom stereocenters. The molecule has 1 saturated carbocycles. The van der Waals surface area contributed by atoms with Crippen LogP contribution in [0.1, 0.15) is 45.1 Å². The van der Waals surface area contributed by atoms with Crippen molar-refractivity contribution in [3.8, 4) is 0 Å². The third-order valence-corrected chi connectivity index (χ3v) is 5.04. The van der Waals surface area contributed by atoms with E-state index in [1.807, 2.05) is 20.8 Å². The molecular formula is C14H18BrNOS. The van der Waals surface area contributed by atoms with Crippen LogP contribution in [0, 0.1) is 0 Å². The lowest BCUT2D eigenvalue weighted by atomic mass is 9.78. The highest BCUT2D eigenvalue weighted by Gasteiger charge is 2.28. The van der Waals surface area contributed by atoms with Crippen molar-refractivity contribution in [2.45, 2.75) is 44.3 Å². The van der Waals surface area contributed by atoms with Gasteiger partial charge in [0, 0.05) is 10.2 Å². The van der Waals surface area contributed by atoms with E-state index in [1.54, 1.807) is 0 Å². The average Bonchev–Trinajstić information content (AvgIpc) is 2.23. The lowest BCUT2D eigenvalue weighted by molar-refractivity contribution is 0.641. The SMILES string of the molecule is CC(C)(C)S(=O)N=C1CC(c2ccc(Br)cc2)C1. The Kier molecular flexibility index (Phi) is 4.07. The van der Waals surface area contributed by atoms with E-state index >= 15 is 0 Å². The fraction of sp³-hybridized carbons (Fsp3) is 0.500. The second-order valence-electron chi connectivity index (χ2n) is 5.68. The van der Waals surface area contributed by atoms with Crippen LogP contribution < -0.4 is 0 Å². The van der Waals surface area contributed by atoms with E-state index in [4.69, 9.17) is 0 Å². The average molecular weight is 328 g/mol. The molecule has 1 atom stereocenters. The third-order valence-electron chi connectivity index (χ3n) is 3.04. The second kappa shape index (κ2) is 5.25. The van der Waals surface area contributed by atoms with E-state index in [0.29, 0.717) is 5.92 Å². The molecule has 2 nitrogen and oxygen atoms in total. The van der Waals surface area contributed by atoms with Gasteiger partial charge in [0.1, 0.15) is 11.0 Å². The van der Waals surface area contributed by atoms with Gasteiger partial charge < -0.3 is 0 Å². The molecule has 0 aromatic heterocycles.